The molecule has 1 rings (SSSR count). The van der Waals surface area contributed by atoms with Crippen LogP contribution in [-0.2, 0) is 12.6 Å². The molecular formula is C11H5F3N2O. The van der Waals surface area contributed by atoms with Crippen molar-refractivity contribution in [2.24, 2.45) is 0 Å². The molecule has 86 valence electrons. The van der Waals surface area contributed by atoms with Crippen molar-refractivity contribution in [3.8, 4) is 12.1 Å². The third-order valence-electron chi connectivity index (χ3n) is 2.10. The quantitative estimate of drug-likeness (QED) is 0.743. The van der Waals surface area contributed by atoms with Crippen LogP contribution in [0.25, 0.3) is 0 Å². The zero-order chi connectivity index (χ0) is 13.1. The Morgan fingerprint density at radius 1 is 1.29 bits per heavy atom. The standard InChI is InChI=1S/C11H5F3N2O/c12-11(13,14)10-4-7(5-16)3-8(6-17)9(10)1-2-15/h3-4,6H,1H2. The molecule has 0 unspecified atom stereocenters. The van der Waals surface area contributed by atoms with E-state index in [1.807, 2.05) is 0 Å². The summed E-state index contributed by atoms with van der Waals surface area (Å²) in [4.78, 5) is 10.7. The summed E-state index contributed by atoms with van der Waals surface area (Å²) in [5.74, 6) is 0. The predicted octanol–water partition coefficient (Wildman–Crippen LogP) is 2.46. The maximum atomic E-state index is 12.7. The Labute approximate surface area is 94.7 Å². The summed E-state index contributed by atoms with van der Waals surface area (Å²) in [6, 6.07) is 4.78. The number of carbonyl (C=O) groups is 1. The zero-order valence-corrected chi connectivity index (χ0v) is 8.38. The van der Waals surface area contributed by atoms with E-state index < -0.39 is 23.7 Å². The minimum absolute atomic E-state index is 0.211. The van der Waals surface area contributed by atoms with Gasteiger partial charge in [-0.25, -0.2) is 0 Å². The molecule has 0 aliphatic carbocycles. The van der Waals surface area contributed by atoms with Gasteiger partial charge in [0.25, 0.3) is 0 Å². The lowest BCUT2D eigenvalue weighted by Crippen LogP contribution is -2.12. The molecule has 0 amide bonds. The second-order valence-corrected chi connectivity index (χ2v) is 3.15. The molecule has 0 aliphatic heterocycles. The first-order valence-electron chi connectivity index (χ1n) is 4.40. The molecule has 0 saturated carbocycles. The van der Waals surface area contributed by atoms with Crippen molar-refractivity contribution in [1.29, 1.82) is 10.5 Å². The summed E-state index contributed by atoms with van der Waals surface area (Å²) in [5.41, 5.74) is -2.05. The molecule has 0 aromatic heterocycles. The normalized spacial score (nSPS) is 10.4. The lowest BCUT2D eigenvalue weighted by molar-refractivity contribution is -0.138. The van der Waals surface area contributed by atoms with Crippen molar-refractivity contribution in [2.45, 2.75) is 12.6 Å². The molecule has 0 spiro atoms. The Hall–Kier alpha value is -2.34. The molecule has 0 bridgehead atoms. The molecule has 0 saturated heterocycles. The van der Waals surface area contributed by atoms with Gasteiger partial charge in [-0.1, -0.05) is 0 Å². The van der Waals surface area contributed by atoms with Gasteiger partial charge in [0, 0.05) is 5.56 Å². The van der Waals surface area contributed by atoms with Crippen molar-refractivity contribution in [1.82, 2.24) is 0 Å². The average molecular weight is 238 g/mol. The molecule has 3 nitrogen and oxygen atoms in total. The number of aldehydes is 1. The fraction of sp³-hybridized carbons (Fsp3) is 0.182. The summed E-state index contributed by atoms with van der Waals surface area (Å²) in [6.07, 6.45) is -5.02. The van der Waals surface area contributed by atoms with Crippen molar-refractivity contribution in [3.05, 3.63) is 34.4 Å². The maximum absolute atomic E-state index is 12.7. The number of nitriles is 2. The molecular weight excluding hydrogens is 233 g/mol. The average Bonchev–Trinajstić information content (AvgIpc) is 2.28. The van der Waals surface area contributed by atoms with E-state index >= 15 is 0 Å². The van der Waals surface area contributed by atoms with Crippen LogP contribution in [-0.4, -0.2) is 6.29 Å². The Bertz CT molecular complexity index is 535. The minimum atomic E-state index is -4.70. The van der Waals surface area contributed by atoms with E-state index in [0.29, 0.717) is 6.07 Å². The highest BCUT2D eigenvalue weighted by molar-refractivity contribution is 5.79. The molecule has 1 aromatic rings. The first-order chi connectivity index (χ1) is 7.93. The van der Waals surface area contributed by atoms with Crippen molar-refractivity contribution >= 4 is 6.29 Å². The lowest BCUT2D eigenvalue weighted by atomic mass is 9.96. The van der Waals surface area contributed by atoms with E-state index in [-0.39, 0.29) is 17.4 Å². The van der Waals surface area contributed by atoms with E-state index in [1.54, 1.807) is 12.1 Å². The van der Waals surface area contributed by atoms with E-state index in [1.165, 1.54) is 0 Å². The SMILES string of the molecule is N#CCc1c(C=O)cc(C#N)cc1C(F)(F)F. The van der Waals surface area contributed by atoms with E-state index in [4.69, 9.17) is 10.5 Å². The molecule has 0 heterocycles. The Morgan fingerprint density at radius 2 is 1.94 bits per heavy atom. The zero-order valence-electron chi connectivity index (χ0n) is 8.38. The number of nitrogens with zero attached hydrogens (tertiary/aromatic N) is 2. The first kappa shape index (κ1) is 12.7. The highest BCUT2D eigenvalue weighted by Crippen LogP contribution is 2.34. The maximum Gasteiger partial charge on any atom is 0.416 e. The molecule has 0 atom stereocenters. The Kier molecular flexibility index (Phi) is 3.49. The minimum Gasteiger partial charge on any atom is -0.298 e. The molecule has 0 fully saturated rings. The number of hydrogen-bond donors (Lipinski definition) is 0. The number of rotatable bonds is 2. The molecule has 17 heavy (non-hydrogen) atoms. The highest BCUT2D eigenvalue weighted by atomic mass is 19.4. The molecule has 1 aromatic carbocycles. The van der Waals surface area contributed by atoms with Gasteiger partial charge in [-0.15, -0.1) is 0 Å². The van der Waals surface area contributed by atoms with Crippen LogP contribution in [0, 0.1) is 22.7 Å². The van der Waals surface area contributed by atoms with Gasteiger partial charge in [0.05, 0.1) is 29.7 Å². The second-order valence-electron chi connectivity index (χ2n) is 3.15. The third-order valence-corrected chi connectivity index (χ3v) is 2.10. The third kappa shape index (κ3) is 2.61. The van der Waals surface area contributed by atoms with E-state index in [0.717, 1.165) is 6.07 Å². The van der Waals surface area contributed by atoms with E-state index in [2.05, 4.69) is 0 Å². The van der Waals surface area contributed by atoms with Gasteiger partial charge in [-0.2, -0.15) is 23.7 Å². The first-order valence-corrected chi connectivity index (χ1v) is 4.40. The van der Waals surface area contributed by atoms with Gasteiger partial charge in [-0.3, -0.25) is 4.79 Å². The summed E-state index contributed by atoms with van der Waals surface area (Å²) in [5, 5.41) is 17.0. The van der Waals surface area contributed by atoms with Crippen LogP contribution in [0.5, 0.6) is 0 Å². The lowest BCUT2D eigenvalue weighted by Gasteiger charge is -2.13. The Balaban J connectivity index is 3.60. The predicted molar refractivity (Wildman–Crippen MR) is 50.9 cm³/mol. The van der Waals surface area contributed by atoms with Crippen LogP contribution in [0.1, 0.15) is 27.0 Å². The summed E-state index contributed by atoms with van der Waals surface area (Å²) < 4.78 is 38.0. The summed E-state index contributed by atoms with van der Waals surface area (Å²) in [6.45, 7) is 0. The molecule has 0 aliphatic rings. The monoisotopic (exact) mass is 238 g/mol. The van der Waals surface area contributed by atoms with Gasteiger partial charge in [-0.05, 0) is 17.7 Å². The van der Waals surface area contributed by atoms with Gasteiger partial charge in [0.15, 0.2) is 0 Å². The fourth-order valence-electron chi connectivity index (χ4n) is 1.39. The summed E-state index contributed by atoms with van der Waals surface area (Å²) in [7, 11) is 0. The summed E-state index contributed by atoms with van der Waals surface area (Å²) >= 11 is 0. The van der Waals surface area contributed by atoms with Crippen molar-refractivity contribution in [2.75, 3.05) is 0 Å². The smallest absolute Gasteiger partial charge is 0.298 e. The molecule has 0 N–H and O–H groups in total. The van der Waals surface area contributed by atoms with Gasteiger partial charge < -0.3 is 0 Å². The van der Waals surface area contributed by atoms with Gasteiger partial charge >= 0.3 is 6.18 Å². The van der Waals surface area contributed by atoms with Gasteiger partial charge in [0.1, 0.15) is 6.29 Å². The van der Waals surface area contributed by atoms with Gasteiger partial charge in [0.2, 0.25) is 0 Å². The molecule has 6 heteroatoms. The number of carbonyl (C=O) groups excluding carboxylic acids is 1. The Morgan fingerprint density at radius 3 is 2.35 bits per heavy atom. The number of hydrogen-bond acceptors (Lipinski definition) is 3. The van der Waals surface area contributed by atoms with Crippen LogP contribution in [0.15, 0.2) is 12.1 Å². The van der Waals surface area contributed by atoms with Crippen molar-refractivity contribution < 1.29 is 18.0 Å². The van der Waals surface area contributed by atoms with Crippen LogP contribution in [0.3, 0.4) is 0 Å². The van der Waals surface area contributed by atoms with E-state index in [9.17, 15) is 18.0 Å². The van der Waals surface area contributed by atoms with Crippen LogP contribution < -0.4 is 0 Å². The number of halogens is 3. The fourth-order valence-corrected chi connectivity index (χ4v) is 1.39. The van der Waals surface area contributed by atoms with Crippen LogP contribution in [0.2, 0.25) is 0 Å². The largest absolute Gasteiger partial charge is 0.416 e. The van der Waals surface area contributed by atoms with Crippen molar-refractivity contribution in [3.63, 3.8) is 0 Å². The number of benzene rings is 1. The molecule has 0 radical (unpaired) electrons. The number of alkyl halides is 3. The topological polar surface area (TPSA) is 64.7 Å². The second kappa shape index (κ2) is 4.67. The van der Waals surface area contributed by atoms with Crippen LogP contribution in [0.4, 0.5) is 13.2 Å². The highest BCUT2D eigenvalue weighted by Gasteiger charge is 2.34. The van der Waals surface area contributed by atoms with Crippen LogP contribution >= 0.6 is 0 Å².